The van der Waals surface area contributed by atoms with Crippen LogP contribution < -0.4 is 59.6 Å². The van der Waals surface area contributed by atoms with E-state index in [2.05, 4.69) is 36.9 Å². The molecule has 3 fully saturated rings. The standard InChI is InChI=1S/C51H74N12O10/c1-4-73-33-19-17-32(18-20-33)26-35-44(67)59-36(25-31-13-7-5-8-14-31)46(69)62-42(30(2)3)48(71)60-37(27-40(52)64)45(68)61-38(28-51(29-41(65)57-35)21-9-6-10-22-51)49(72)63-24-12-16-39(63)47(70)58-34(43(53)66)15-11-23-56-50(54)55/h5,7-8,13-14,17-20,30,34-39,42H,4,6,9-12,15-16,21-29H2,1-3H3,(H2,52,64)(H2,53,66)(H,57,65)(H,58,70)(H,59,67)(H,60,71)(H,61,68)(H,62,69)(H4,54,55,56)/t34?,35-,36?,37?,38?,39?,42?/m0/s1. The summed E-state index contributed by atoms with van der Waals surface area (Å²) in [6.45, 7) is 5.87. The number of carbonyl (C=O) groups is 9. The van der Waals surface area contributed by atoms with Crippen molar-refractivity contribution in [3.63, 3.8) is 0 Å². The molecule has 2 heterocycles. The first-order chi connectivity index (χ1) is 34.8. The second-order valence-electron chi connectivity index (χ2n) is 19.7. The summed E-state index contributed by atoms with van der Waals surface area (Å²) in [5.41, 5.74) is 22.6. The van der Waals surface area contributed by atoms with Gasteiger partial charge in [-0.2, -0.15) is 0 Å². The van der Waals surface area contributed by atoms with E-state index in [1.54, 1.807) is 68.4 Å². The van der Waals surface area contributed by atoms with Crippen molar-refractivity contribution in [1.29, 1.82) is 0 Å². The summed E-state index contributed by atoms with van der Waals surface area (Å²) in [5, 5.41) is 16.6. The molecule has 6 unspecified atom stereocenters. The monoisotopic (exact) mass is 1010 g/mol. The lowest BCUT2D eigenvalue weighted by Crippen LogP contribution is -2.62. The van der Waals surface area contributed by atoms with Crippen LogP contribution >= 0.6 is 0 Å². The molecule has 0 aromatic heterocycles. The maximum Gasteiger partial charge on any atom is 0.245 e. The highest BCUT2D eigenvalue weighted by atomic mass is 16.5. The van der Waals surface area contributed by atoms with E-state index >= 15 is 4.79 Å². The van der Waals surface area contributed by atoms with Crippen LogP contribution in [0.25, 0.3) is 0 Å². The van der Waals surface area contributed by atoms with Gasteiger partial charge in [0.25, 0.3) is 0 Å². The summed E-state index contributed by atoms with van der Waals surface area (Å²) in [6.07, 6.45) is 3.06. The summed E-state index contributed by atoms with van der Waals surface area (Å²) in [6, 6.07) is 6.92. The van der Waals surface area contributed by atoms with Gasteiger partial charge in [0, 0.05) is 32.4 Å². The molecule has 2 saturated heterocycles. The van der Waals surface area contributed by atoms with Gasteiger partial charge in [-0.15, -0.1) is 0 Å². The van der Waals surface area contributed by atoms with E-state index in [1.807, 2.05) is 6.92 Å². The maximum absolute atomic E-state index is 15.1. The third kappa shape index (κ3) is 16.9. The van der Waals surface area contributed by atoms with Gasteiger partial charge in [-0.25, -0.2) is 0 Å². The van der Waals surface area contributed by atoms with Crippen LogP contribution in [0.4, 0.5) is 0 Å². The third-order valence-corrected chi connectivity index (χ3v) is 13.7. The number of amides is 9. The molecule has 9 amide bonds. The topological polar surface area (TPSA) is 355 Å². The molecule has 2 aromatic carbocycles. The molecule has 1 saturated carbocycles. The van der Waals surface area contributed by atoms with Crippen molar-refractivity contribution in [2.75, 3.05) is 19.7 Å². The van der Waals surface area contributed by atoms with Crippen molar-refractivity contribution in [1.82, 2.24) is 36.8 Å². The minimum atomic E-state index is -1.64. The molecule has 2 aliphatic heterocycles. The fourth-order valence-corrected chi connectivity index (χ4v) is 9.93. The summed E-state index contributed by atoms with van der Waals surface area (Å²) in [7, 11) is 0. The lowest BCUT2D eigenvalue weighted by molar-refractivity contribution is -0.144. The molecule has 22 heteroatoms. The van der Waals surface area contributed by atoms with Crippen molar-refractivity contribution in [3.05, 3.63) is 65.7 Å². The Hall–Kier alpha value is -7.26. The molecule has 1 aliphatic carbocycles. The number of nitrogens with zero attached hydrogens (tertiary/aromatic N) is 2. The first-order valence-electron chi connectivity index (χ1n) is 25.3. The fourth-order valence-electron chi connectivity index (χ4n) is 9.93. The average molecular weight is 1020 g/mol. The zero-order valence-electron chi connectivity index (χ0n) is 42.1. The summed E-state index contributed by atoms with van der Waals surface area (Å²) < 4.78 is 5.63. The predicted molar refractivity (Wildman–Crippen MR) is 270 cm³/mol. The van der Waals surface area contributed by atoms with Crippen molar-refractivity contribution in [3.8, 4) is 5.75 Å². The van der Waals surface area contributed by atoms with Gasteiger partial charge in [0.05, 0.1) is 13.0 Å². The Morgan fingerprint density at radius 3 is 2.00 bits per heavy atom. The minimum Gasteiger partial charge on any atom is -0.494 e. The molecule has 3 aliphatic rings. The highest BCUT2D eigenvalue weighted by molar-refractivity contribution is 5.99. The summed E-state index contributed by atoms with van der Waals surface area (Å²) in [5.74, 6) is -6.96. The SMILES string of the molecule is CCOc1ccc(C[C@@H]2NC(=O)CC3(CCCCC3)CC(C(=O)N3CCCC3C(=O)NC(CCCN=C(N)N)C(N)=O)NC(=O)C(CC(N)=O)NC(=O)C(C(C)C)NC(=O)C(Cc3ccccc3)NC2=O)cc1. The third-order valence-electron chi connectivity index (χ3n) is 13.7. The number of rotatable bonds is 17. The van der Waals surface area contributed by atoms with Gasteiger partial charge < -0.3 is 64.5 Å². The van der Waals surface area contributed by atoms with Crippen molar-refractivity contribution in [2.45, 2.75) is 153 Å². The quantitative estimate of drug-likeness (QED) is 0.0549. The van der Waals surface area contributed by atoms with Gasteiger partial charge >= 0.3 is 0 Å². The molecule has 0 radical (unpaired) electrons. The van der Waals surface area contributed by atoms with Crippen LogP contribution in [-0.4, -0.2) is 126 Å². The van der Waals surface area contributed by atoms with Crippen LogP contribution in [0.1, 0.15) is 109 Å². The van der Waals surface area contributed by atoms with E-state index in [9.17, 15) is 38.4 Å². The van der Waals surface area contributed by atoms with E-state index in [0.717, 1.165) is 6.42 Å². The van der Waals surface area contributed by atoms with Crippen LogP contribution in [0.15, 0.2) is 59.6 Å². The molecule has 1 spiro atoms. The molecule has 0 bridgehead atoms. The zero-order chi connectivity index (χ0) is 53.2. The number of guanidine groups is 1. The minimum absolute atomic E-state index is 0.00571. The number of carbonyl (C=O) groups excluding carboxylic acids is 9. The first kappa shape index (κ1) is 56.7. The number of hydrogen-bond donors (Lipinski definition) is 10. The predicted octanol–water partition coefficient (Wildman–Crippen LogP) is -0.415. The number of nitrogens with two attached hydrogens (primary N) is 4. The van der Waals surface area contributed by atoms with Crippen LogP contribution in [0.2, 0.25) is 0 Å². The van der Waals surface area contributed by atoms with Gasteiger partial charge in [0.2, 0.25) is 53.2 Å². The Balaban J connectivity index is 1.56. The largest absolute Gasteiger partial charge is 0.494 e. The fraction of sp³-hybridized carbons (Fsp3) is 0.569. The van der Waals surface area contributed by atoms with Crippen LogP contribution in [0, 0.1) is 11.3 Å². The molecule has 5 rings (SSSR count). The van der Waals surface area contributed by atoms with Gasteiger partial charge in [-0.3, -0.25) is 48.1 Å². The lowest BCUT2D eigenvalue weighted by atomic mass is 9.67. The molecule has 7 atom stereocenters. The molecule has 14 N–H and O–H groups in total. The van der Waals surface area contributed by atoms with E-state index in [0.29, 0.717) is 62.0 Å². The van der Waals surface area contributed by atoms with Crippen LogP contribution in [0.3, 0.4) is 0 Å². The number of primary amides is 2. The van der Waals surface area contributed by atoms with Crippen molar-refractivity contribution in [2.24, 2.45) is 39.3 Å². The Bertz CT molecular complexity index is 2300. The van der Waals surface area contributed by atoms with E-state index in [1.165, 1.54) is 4.90 Å². The van der Waals surface area contributed by atoms with Gasteiger partial charge in [-0.1, -0.05) is 75.6 Å². The molecule has 22 nitrogen and oxygen atoms in total. The van der Waals surface area contributed by atoms with E-state index in [-0.39, 0.29) is 57.6 Å². The van der Waals surface area contributed by atoms with Crippen molar-refractivity contribution < 1.29 is 47.9 Å². The molecule has 73 heavy (non-hydrogen) atoms. The smallest absolute Gasteiger partial charge is 0.245 e. The lowest BCUT2D eigenvalue weighted by Gasteiger charge is -2.41. The highest BCUT2D eigenvalue weighted by Gasteiger charge is 2.45. The normalized spacial score (nSPS) is 23.6. The number of nitrogens with one attached hydrogen (secondary N) is 6. The average Bonchev–Trinajstić information content (AvgIpc) is 3.84. The van der Waals surface area contributed by atoms with E-state index in [4.69, 9.17) is 27.7 Å². The molecular weight excluding hydrogens is 941 g/mol. The Morgan fingerprint density at radius 1 is 0.767 bits per heavy atom. The van der Waals surface area contributed by atoms with E-state index < -0.39 is 113 Å². The Kier molecular flexibility index (Phi) is 20.9. The zero-order valence-corrected chi connectivity index (χ0v) is 42.1. The molecule has 2 aromatic rings. The Labute approximate surface area is 426 Å². The van der Waals surface area contributed by atoms with Gasteiger partial charge in [-0.05, 0) is 86.5 Å². The number of likely N-dealkylation sites (tertiary alicyclic amines) is 1. The summed E-state index contributed by atoms with van der Waals surface area (Å²) in [4.78, 5) is 132. The van der Waals surface area contributed by atoms with Crippen LogP contribution in [-0.2, 0) is 56.0 Å². The first-order valence-corrected chi connectivity index (χ1v) is 25.3. The Morgan fingerprint density at radius 2 is 1.38 bits per heavy atom. The maximum atomic E-state index is 15.1. The highest BCUT2D eigenvalue weighted by Crippen LogP contribution is 2.44. The molecule has 398 valence electrons. The number of benzene rings is 2. The number of ether oxygens (including phenoxy) is 1. The second-order valence-corrected chi connectivity index (χ2v) is 19.7. The van der Waals surface area contributed by atoms with Gasteiger partial charge in [0.1, 0.15) is 48.0 Å². The second kappa shape index (κ2) is 27.0. The number of hydrogen-bond acceptors (Lipinski definition) is 11. The number of aliphatic imine (C=N–C) groups is 1. The summed E-state index contributed by atoms with van der Waals surface area (Å²) >= 11 is 0. The van der Waals surface area contributed by atoms with Gasteiger partial charge in [0.15, 0.2) is 5.96 Å². The van der Waals surface area contributed by atoms with Crippen molar-refractivity contribution >= 4 is 59.1 Å². The van der Waals surface area contributed by atoms with Crippen LogP contribution in [0.5, 0.6) is 5.75 Å². The molecular formula is C51H74N12O10.